The summed E-state index contributed by atoms with van der Waals surface area (Å²) in [5.74, 6) is -2.79. The van der Waals surface area contributed by atoms with Crippen molar-refractivity contribution in [2.24, 2.45) is 0 Å². The van der Waals surface area contributed by atoms with Gasteiger partial charge in [0.2, 0.25) is 0 Å². The molecule has 2 N–H and O–H groups in total. The van der Waals surface area contributed by atoms with Crippen LogP contribution in [0, 0.1) is 11.6 Å². The summed E-state index contributed by atoms with van der Waals surface area (Å²) in [6.45, 7) is 0. The first-order chi connectivity index (χ1) is 14.8. The van der Waals surface area contributed by atoms with E-state index in [0.717, 1.165) is 23.0 Å². The second-order valence-electron chi connectivity index (χ2n) is 6.59. The molecule has 0 saturated carbocycles. The highest BCUT2D eigenvalue weighted by Crippen LogP contribution is 2.23. The number of pyridine rings is 1. The van der Waals surface area contributed by atoms with Crippen molar-refractivity contribution in [3.63, 3.8) is 0 Å². The molecule has 0 spiro atoms. The number of aromatic nitrogens is 1. The van der Waals surface area contributed by atoms with E-state index in [-0.39, 0.29) is 11.6 Å². The summed E-state index contributed by atoms with van der Waals surface area (Å²) in [6.07, 6.45) is 1.66. The lowest BCUT2D eigenvalue weighted by molar-refractivity contribution is 0.102. The molecule has 0 radical (unpaired) electrons. The molecule has 6 nitrogen and oxygen atoms in total. The Balaban J connectivity index is 1.51. The molecule has 1 aromatic heterocycles. The number of nitrogens with one attached hydrogen (secondary N) is 2. The Kier molecular flexibility index (Phi) is 5.35. The van der Waals surface area contributed by atoms with Gasteiger partial charge in [0, 0.05) is 22.8 Å². The second-order valence-corrected chi connectivity index (χ2v) is 8.27. The van der Waals surface area contributed by atoms with Crippen molar-refractivity contribution in [1.29, 1.82) is 0 Å². The number of hydrogen-bond acceptors (Lipinski definition) is 4. The van der Waals surface area contributed by atoms with Crippen LogP contribution in [-0.4, -0.2) is 19.3 Å². The fourth-order valence-corrected chi connectivity index (χ4v) is 4.02. The molecule has 9 heteroatoms. The lowest BCUT2D eigenvalue weighted by Crippen LogP contribution is -2.14. The molecular weight excluding hydrogens is 424 g/mol. The molecule has 156 valence electrons. The van der Waals surface area contributed by atoms with Gasteiger partial charge in [-0.1, -0.05) is 6.07 Å². The maximum atomic E-state index is 13.4. The van der Waals surface area contributed by atoms with Crippen LogP contribution in [0.4, 0.5) is 20.2 Å². The summed E-state index contributed by atoms with van der Waals surface area (Å²) in [7, 11) is -4.12. The summed E-state index contributed by atoms with van der Waals surface area (Å²) < 4.78 is 53.4. The number of rotatable bonds is 5. The van der Waals surface area contributed by atoms with Crippen molar-refractivity contribution in [2.45, 2.75) is 4.90 Å². The van der Waals surface area contributed by atoms with Crippen molar-refractivity contribution in [1.82, 2.24) is 4.98 Å². The largest absolute Gasteiger partial charge is 0.321 e. The van der Waals surface area contributed by atoms with Crippen LogP contribution >= 0.6 is 0 Å². The number of halogens is 2. The molecule has 0 unspecified atom stereocenters. The van der Waals surface area contributed by atoms with Crippen molar-refractivity contribution >= 4 is 38.2 Å². The van der Waals surface area contributed by atoms with Crippen molar-refractivity contribution < 1.29 is 22.0 Å². The fraction of sp³-hybridized carbons (Fsp3) is 0. The smallest absolute Gasteiger partial charge is 0.261 e. The highest BCUT2D eigenvalue weighted by Gasteiger charge is 2.17. The molecule has 1 heterocycles. The molecule has 4 rings (SSSR count). The summed E-state index contributed by atoms with van der Waals surface area (Å²) in [4.78, 5) is 16.4. The Labute approximate surface area is 176 Å². The number of carbonyl (C=O) groups excluding carboxylic acids is 1. The second kappa shape index (κ2) is 8.11. The standard InChI is InChI=1S/C22H15F2N3O3S/c23-18-11-10-16(13-19(18)24)31(29,30)27-15-8-6-14(7-9-15)22(28)26-21-5-1-4-20-17(21)3-2-12-25-20/h1-13,27H,(H,26,28). The van der Waals surface area contributed by atoms with Crippen LogP contribution in [0.1, 0.15) is 10.4 Å². The Bertz CT molecular complexity index is 1390. The van der Waals surface area contributed by atoms with E-state index in [9.17, 15) is 22.0 Å². The fourth-order valence-electron chi connectivity index (χ4n) is 2.95. The van der Waals surface area contributed by atoms with Gasteiger partial charge in [0.1, 0.15) is 0 Å². The number of carbonyl (C=O) groups is 1. The number of hydrogen-bond donors (Lipinski definition) is 2. The van der Waals surface area contributed by atoms with E-state index in [1.165, 1.54) is 24.3 Å². The van der Waals surface area contributed by atoms with Crippen molar-refractivity contribution in [3.8, 4) is 0 Å². The average molecular weight is 439 g/mol. The first-order valence-electron chi connectivity index (χ1n) is 9.06. The zero-order valence-corrected chi connectivity index (χ0v) is 16.7. The van der Waals surface area contributed by atoms with Gasteiger partial charge in [0.15, 0.2) is 11.6 Å². The summed E-state index contributed by atoms with van der Waals surface area (Å²) in [6, 6.07) is 17.0. The van der Waals surface area contributed by atoms with Gasteiger partial charge in [0.05, 0.1) is 16.1 Å². The Hall–Kier alpha value is -3.85. The predicted octanol–water partition coefficient (Wildman–Crippen LogP) is 4.57. The lowest BCUT2D eigenvalue weighted by Gasteiger charge is -2.10. The summed E-state index contributed by atoms with van der Waals surface area (Å²) in [5, 5.41) is 3.60. The first kappa shape index (κ1) is 20.4. The number of benzene rings is 3. The van der Waals surface area contributed by atoms with Gasteiger partial charge in [-0.05, 0) is 66.7 Å². The van der Waals surface area contributed by atoms with Crippen LogP contribution in [0.25, 0.3) is 10.9 Å². The van der Waals surface area contributed by atoms with Crippen LogP contribution in [0.15, 0.2) is 83.9 Å². The van der Waals surface area contributed by atoms with Crippen LogP contribution in [0.2, 0.25) is 0 Å². The highest BCUT2D eigenvalue weighted by atomic mass is 32.2. The molecular formula is C22H15F2N3O3S. The van der Waals surface area contributed by atoms with Gasteiger partial charge < -0.3 is 5.32 Å². The molecule has 0 aliphatic rings. The average Bonchev–Trinajstić information content (AvgIpc) is 2.76. The van der Waals surface area contributed by atoms with Gasteiger partial charge >= 0.3 is 0 Å². The third kappa shape index (κ3) is 4.36. The summed E-state index contributed by atoms with van der Waals surface area (Å²) in [5.41, 5.74) is 1.80. The van der Waals surface area contributed by atoms with E-state index in [0.29, 0.717) is 17.3 Å². The molecule has 0 fully saturated rings. The Morgan fingerprint density at radius 1 is 0.871 bits per heavy atom. The highest BCUT2D eigenvalue weighted by molar-refractivity contribution is 7.92. The maximum Gasteiger partial charge on any atom is 0.261 e. The monoisotopic (exact) mass is 439 g/mol. The minimum atomic E-state index is -4.12. The SMILES string of the molecule is O=C(Nc1cccc2ncccc12)c1ccc(NS(=O)(=O)c2ccc(F)c(F)c2)cc1. The number of nitrogens with zero attached hydrogens (tertiary/aromatic N) is 1. The normalized spacial score (nSPS) is 11.3. The van der Waals surface area contributed by atoms with Crippen molar-refractivity contribution in [2.75, 3.05) is 10.0 Å². The van der Waals surface area contributed by atoms with E-state index in [1.54, 1.807) is 24.4 Å². The van der Waals surface area contributed by atoms with E-state index < -0.39 is 26.6 Å². The molecule has 3 aromatic carbocycles. The zero-order chi connectivity index (χ0) is 22.0. The maximum absolute atomic E-state index is 13.4. The van der Waals surface area contributed by atoms with Gasteiger partial charge in [-0.2, -0.15) is 0 Å². The van der Waals surface area contributed by atoms with E-state index >= 15 is 0 Å². The molecule has 0 atom stereocenters. The van der Waals surface area contributed by atoms with Crippen LogP contribution in [-0.2, 0) is 10.0 Å². The molecule has 0 aliphatic carbocycles. The zero-order valence-electron chi connectivity index (χ0n) is 15.8. The number of sulfonamides is 1. The van der Waals surface area contributed by atoms with E-state index in [1.807, 2.05) is 12.1 Å². The molecule has 0 aliphatic heterocycles. The number of amides is 1. The molecule has 1 amide bonds. The van der Waals surface area contributed by atoms with E-state index in [2.05, 4.69) is 15.0 Å². The number of fused-ring (bicyclic) bond motifs is 1. The Morgan fingerprint density at radius 2 is 1.65 bits per heavy atom. The van der Waals surface area contributed by atoms with E-state index in [4.69, 9.17) is 0 Å². The minimum absolute atomic E-state index is 0.163. The quantitative estimate of drug-likeness (QED) is 0.477. The number of anilines is 2. The van der Waals surface area contributed by atoms with Crippen molar-refractivity contribution in [3.05, 3.63) is 96.2 Å². The van der Waals surface area contributed by atoms with Crippen LogP contribution < -0.4 is 10.0 Å². The van der Waals surface area contributed by atoms with Gasteiger partial charge in [-0.15, -0.1) is 0 Å². The molecule has 0 bridgehead atoms. The topological polar surface area (TPSA) is 88.2 Å². The van der Waals surface area contributed by atoms with Crippen LogP contribution in [0.5, 0.6) is 0 Å². The van der Waals surface area contributed by atoms with Crippen LogP contribution in [0.3, 0.4) is 0 Å². The van der Waals surface area contributed by atoms with Gasteiger partial charge in [-0.25, -0.2) is 17.2 Å². The lowest BCUT2D eigenvalue weighted by atomic mass is 10.1. The molecule has 0 saturated heterocycles. The third-order valence-corrected chi connectivity index (χ3v) is 5.87. The molecule has 31 heavy (non-hydrogen) atoms. The predicted molar refractivity (Wildman–Crippen MR) is 113 cm³/mol. The van der Waals surface area contributed by atoms with Gasteiger partial charge in [0.25, 0.3) is 15.9 Å². The minimum Gasteiger partial charge on any atom is -0.321 e. The summed E-state index contributed by atoms with van der Waals surface area (Å²) >= 11 is 0. The van der Waals surface area contributed by atoms with Gasteiger partial charge in [-0.3, -0.25) is 14.5 Å². The first-order valence-corrected chi connectivity index (χ1v) is 10.5. The molecule has 4 aromatic rings. The Morgan fingerprint density at radius 3 is 2.39 bits per heavy atom. The third-order valence-electron chi connectivity index (χ3n) is 4.49.